The van der Waals surface area contributed by atoms with E-state index in [2.05, 4.69) is 10.7 Å². The van der Waals surface area contributed by atoms with E-state index in [1.54, 1.807) is 44.6 Å². The van der Waals surface area contributed by atoms with Crippen LogP contribution in [-0.4, -0.2) is 110 Å². The lowest BCUT2D eigenvalue weighted by Crippen LogP contribution is -2.60. The molecule has 4 aromatic carbocycles. The predicted molar refractivity (Wildman–Crippen MR) is 232 cm³/mol. The number of nitriles is 1. The molecule has 5 atom stereocenters. The van der Waals surface area contributed by atoms with Gasteiger partial charge in [-0.05, 0) is 80.8 Å². The normalized spacial score (nSPS) is 19.9. The quantitative estimate of drug-likeness (QED) is 0.0390. The Morgan fingerprint density at radius 1 is 0.823 bits per heavy atom. The fourth-order valence-corrected chi connectivity index (χ4v) is 9.72. The number of methoxy groups -OCH3 is 3. The second kappa shape index (κ2) is 21.2. The zero-order valence-corrected chi connectivity index (χ0v) is 37.1. The number of rotatable bonds is 19. The van der Waals surface area contributed by atoms with Crippen LogP contribution >= 0.6 is 8.53 Å². The molecule has 6 rings (SSSR count). The first-order valence-corrected chi connectivity index (χ1v) is 21.8. The minimum Gasteiger partial charge on any atom is -0.497 e. The maximum atomic E-state index is 14.4. The minimum atomic E-state index is -1.85. The molecule has 0 saturated carbocycles. The van der Waals surface area contributed by atoms with Gasteiger partial charge in [-0.1, -0.05) is 72.8 Å². The van der Waals surface area contributed by atoms with Crippen LogP contribution in [0.1, 0.15) is 67.6 Å². The van der Waals surface area contributed by atoms with Crippen LogP contribution in [0.4, 0.5) is 4.79 Å². The van der Waals surface area contributed by atoms with Crippen molar-refractivity contribution >= 4 is 26.4 Å². The molecule has 2 aliphatic rings. The molecule has 4 amide bonds. The topological polar surface area (TPSA) is 149 Å². The Labute approximate surface area is 365 Å². The maximum absolute atomic E-state index is 14.4. The number of benzene rings is 4. The minimum absolute atomic E-state index is 0.0277. The standard InChI is InChI=1S/C47H55N4O10P/c1-32(2)51(33(3)4)62(59-30-14-28-48)61-42-40(60-45(43(42)57-7)49-29-27-41(52)50(46(49)54)44(53)34-15-10-8-11-16-34)31-58-47(35-17-12-9-13-18-35,36-19-23-38(55-5)24-20-36)37-21-25-39(56-6)26-22-37/h8-13,15-26,32-33,40,42-43,45H,14,27,29-31H2,1-7H3/t40-,42-,43-,45-,62?/m1/s1. The summed E-state index contributed by atoms with van der Waals surface area (Å²) in [5.74, 6) is -0.0309. The van der Waals surface area contributed by atoms with Gasteiger partial charge < -0.3 is 32.7 Å². The molecule has 0 aliphatic carbocycles. The van der Waals surface area contributed by atoms with Crippen molar-refractivity contribution in [3.8, 4) is 17.6 Å². The SMILES string of the molecule is COc1ccc(C(OC[C@H]2O[C@@H](N3CCC(=O)N(C(=O)c4ccccc4)C3=O)[C@H](OC)[C@@H]2OP(OCCC#N)N(C(C)C)C(C)C)(c2ccccc2)c2ccc(OC)cc2)cc1. The summed E-state index contributed by atoms with van der Waals surface area (Å²) < 4.78 is 47.0. The molecule has 0 aromatic heterocycles. The first kappa shape index (κ1) is 46.3. The van der Waals surface area contributed by atoms with Crippen LogP contribution in [0.15, 0.2) is 109 Å². The number of hydrogen-bond donors (Lipinski definition) is 0. The van der Waals surface area contributed by atoms with Crippen molar-refractivity contribution in [2.75, 3.05) is 41.1 Å². The lowest BCUT2D eigenvalue weighted by atomic mass is 9.80. The lowest BCUT2D eigenvalue weighted by Gasteiger charge is -2.39. The molecule has 2 fully saturated rings. The second-order valence-corrected chi connectivity index (χ2v) is 16.7. The van der Waals surface area contributed by atoms with E-state index in [4.69, 9.17) is 32.7 Å². The van der Waals surface area contributed by atoms with Gasteiger partial charge in [-0.25, -0.2) is 9.46 Å². The van der Waals surface area contributed by atoms with Crippen LogP contribution < -0.4 is 9.47 Å². The lowest BCUT2D eigenvalue weighted by molar-refractivity contribution is -0.136. The highest BCUT2D eigenvalue weighted by atomic mass is 31.2. The number of urea groups is 1. The molecule has 328 valence electrons. The third kappa shape index (κ3) is 9.85. The molecular weight excluding hydrogens is 812 g/mol. The van der Waals surface area contributed by atoms with Gasteiger partial charge in [0.25, 0.3) is 14.4 Å². The van der Waals surface area contributed by atoms with E-state index in [1.165, 1.54) is 12.0 Å². The summed E-state index contributed by atoms with van der Waals surface area (Å²) in [4.78, 5) is 43.4. The van der Waals surface area contributed by atoms with E-state index < -0.39 is 56.5 Å². The van der Waals surface area contributed by atoms with Crippen LogP contribution in [0.25, 0.3) is 0 Å². The van der Waals surface area contributed by atoms with E-state index >= 15 is 0 Å². The summed E-state index contributed by atoms with van der Waals surface area (Å²) in [6.07, 6.45) is -3.91. The summed E-state index contributed by atoms with van der Waals surface area (Å²) in [7, 11) is 2.86. The molecule has 1 unspecified atom stereocenters. The molecule has 14 nitrogen and oxygen atoms in total. The van der Waals surface area contributed by atoms with E-state index in [0.29, 0.717) is 16.4 Å². The van der Waals surface area contributed by atoms with Crippen molar-refractivity contribution in [1.82, 2.24) is 14.5 Å². The third-order valence-corrected chi connectivity index (χ3v) is 13.0. The van der Waals surface area contributed by atoms with Crippen LogP contribution in [0.5, 0.6) is 11.5 Å². The molecule has 0 bridgehead atoms. The van der Waals surface area contributed by atoms with Crippen molar-refractivity contribution in [2.24, 2.45) is 0 Å². The Balaban J connectivity index is 1.45. The fraction of sp³-hybridized carbons (Fsp3) is 0.404. The number of ether oxygens (including phenoxy) is 5. The van der Waals surface area contributed by atoms with Crippen molar-refractivity contribution in [3.05, 3.63) is 131 Å². The van der Waals surface area contributed by atoms with E-state index in [9.17, 15) is 19.6 Å². The summed E-state index contributed by atoms with van der Waals surface area (Å²) in [5.41, 5.74) is 1.35. The first-order valence-electron chi connectivity index (χ1n) is 20.6. The highest BCUT2D eigenvalue weighted by molar-refractivity contribution is 7.44. The van der Waals surface area contributed by atoms with E-state index in [-0.39, 0.29) is 50.2 Å². The highest BCUT2D eigenvalue weighted by Crippen LogP contribution is 2.50. The van der Waals surface area contributed by atoms with Crippen molar-refractivity contribution < 1.29 is 47.1 Å². The van der Waals surface area contributed by atoms with Crippen LogP contribution in [0.2, 0.25) is 0 Å². The molecule has 0 radical (unpaired) electrons. The number of imide groups is 3. The second-order valence-electron chi connectivity index (χ2n) is 15.3. The number of hydrogen-bond acceptors (Lipinski definition) is 12. The Hall–Kier alpha value is -5.23. The van der Waals surface area contributed by atoms with Crippen molar-refractivity contribution in [1.29, 1.82) is 5.26 Å². The molecule has 0 spiro atoms. The highest BCUT2D eigenvalue weighted by Gasteiger charge is 2.55. The summed E-state index contributed by atoms with van der Waals surface area (Å²) in [6, 6.07) is 34.5. The van der Waals surface area contributed by atoms with Gasteiger partial charge in [-0.15, -0.1) is 0 Å². The van der Waals surface area contributed by atoms with Gasteiger partial charge in [-0.3, -0.25) is 14.5 Å². The van der Waals surface area contributed by atoms with E-state index in [0.717, 1.165) is 16.7 Å². The molecule has 62 heavy (non-hydrogen) atoms. The third-order valence-electron chi connectivity index (χ3n) is 10.9. The molecule has 0 N–H and O–H groups in total. The largest absolute Gasteiger partial charge is 0.497 e. The van der Waals surface area contributed by atoms with Gasteiger partial charge in [-0.2, -0.15) is 10.2 Å². The van der Waals surface area contributed by atoms with Crippen molar-refractivity contribution in [2.45, 2.75) is 82.8 Å². The summed E-state index contributed by atoms with van der Waals surface area (Å²) >= 11 is 0. The smallest absolute Gasteiger partial charge is 0.336 e. The Morgan fingerprint density at radius 2 is 1.37 bits per heavy atom. The van der Waals surface area contributed by atoms with Gasteiger partial charge in [0.2, 0.25) is 5.91 Å². The Morgan fingerprint density at radius 3 is 1.89 bits per heavy atom. The Kier molecular flexibility index (Phi) is 15.8. The van der Waals surface area contributed by atoms with Gasteiger partial charge in [0.05, 0.1) is 39.9 Å². The molecule has 2 aliphatic heterocycles. The number of carbonyl (C=O) groups excluding carboxylic acids is 3. The zero-order chi connectivity index (χ0) is 44.4. The molecular formula is C47H55N4O10P. The average Bonchev–Trinajstić information content (AvgIpc) is 3.63. The zero-order valence-electron chi connectivity index (χ0n) is 36.2. The fourth-order valence-electron chi connectivity index (χ4n) is 7.96. The van der Waals surface area contributed by atoms with E-state index in [1.807, 2.05) is 107 Å². The summed E-state index contributed by atoms with van der Waals surface area (Å²) in [5, 5.41) is 9.45. The number of carbonyl (C=O) groups is 3. The maximum Gasteiger partial charge on any atom is 0.336 e. The monoisotopic (exact) mass is 866 g/mol. The predicted octanol–water partition coefficient (Wildman–Crippen LogP) is 7.91. The van der Waals surface area contributed by atoms with Gasteiger partial charge >= 0.3 is 6.03 Å². The number of nitrogens with zero attached hydrogens (tertiary/aromatic N) is 4. The van der Waals surface area contributed by atoms with Gasteiger partial charge in [0.1, 0.15) is 35.4 Å². The van der Waals surface area contributed by atoms with Crippen LogP contribution in [0, 0.1) is 11.3 Å². The summed E-state index contributed by atoms with van der Waals surface area (Å²) in [6.45, 7) is 8.12. The first-order chi connectivity index (χ1) is 30.0. The Bertz CT molecular complexity index is 2080. The molecule has 4 aromatic rings. The molecule has 15 heteroatoms. The van der Waals surface area contributed by atoms with Gasteiger partial charge in [0, 0.05) is 37.7 Å². The van der Waals surface area contributed by atoms with Gasteiger partial charge in [0.15, 0.2) is 6.23 Å². The van der Waals surface area contributed by atoms with Crippen LogP contribution in [-0.2, 0) is 33.7 Å². The molecule has 2 saturated heterocycles. The average molecular weight is 867 g/mol. The van der Waals surface area contributed by atoms with Crippen LogP contribution in [0.3, 0.4) is 0 Å². The van der Waals surface area contributed by atoms with Crippen molar-refractivity contribution in [3.63, 3.8) is 0 Å². The molecule has 2 heterocycles. The number of amides is 4.